The van der Waals surface area contributed by atoms with Gasteiger partial charge in [0.05, 0.1) is 11.7 Å². The van der Waals surface area contributed by atoms with Gasteiger partial charge in [0.15, 0.2) is 0 Å². The Hall–Kier alpha value is -1.54. The molecule has 88 valence electrons. The molecule has 0 saturated heterocycles. The number of hydrogen-bond donors (Lipinski definition) is 1. The summed E-state index contributed by atoms with van der Waals surface area (Å²) < 4.78 is 0. The molecule has 2 nitrogen and oxygen atoms in total. The van der Waals surface area contributed by atoms with Crippen molar-refractivity contribution in [3.05, 3.63) is 58.9 Å². The van der Waals surface area contributed by atoms with E-state index in [-0.39, 0.29) is 6.04 Å². The predicted octanol–water partition coefficient (Wildman–Crippen LogP) is 4.22. The van der Waals surface area contributed by atoms with Crippen LogP contribution < -0.4 is 5.32 Å². The Morgan fingerprint density at radius 3 is 2.71 bits per heavy atom. The summed E-state index contributed by atoms with van der Waals surface area (Å²) in [5, 5.41) is 4.18. The van der Waals surface area contributed by atoms with Gasteiger partial charge in [-0.2, -0.15) is 0 Å². The van der Waals surface area contributed by atoms with Crippen molar-refractivity contribution in [1.82, 2.24) is 4.98 Å². The number of rotatable bonds is 3. The van der Waals surface area contributed by atoms with Crippen LogP contribution in [0.4, 0.5) is 5.69 Å². The molecule has 0 amide bonds. The summed E-state index contributed by atoms with van der Waals surface area (Å²) in [6, 6.07) is 10.1. The summed E-state index contributed by atoms with van der Waals surface area (Å²) in [4.78, 5) is 4.16. The highest BCUT2D eigenvalue weighted by Gasteiger charge is 2.08. The van der Waals surface area contributed by atoms with E-state index in [9.17, 15) is 0 Å². The summed E-state index contributed by atoms with van der Waals surface area (Å²) in [7, 11) is 0. The quantitative estimate of drug-likeness (QED) is 0.877. The zero-order valence-corrected chi connectivity index (χ0v) is 10.7. The Bertz CT molecular complexity index is 511. The molecule has 1 heterocycles. The highest BCUT2D eigenvalue weighted by atomic mass is 35.5. The molecular formula is C14H15ClN2. The van der Waals surface area contributed by atoms with E-state index in [1.54, 1.807) is 0 Å². The van der Waals surface area contributed by atoms with Crippen LogP contribution in [-0.2, 0) is 0 Å². The van der Waals surface area contributed by atoms with Crippen LogP contribution in [0.1, 0.15) is 24.1 Å². The van der Waals surface area contributed by atoms with Gasteiger partial charge in [-0.1, -0.05) is 29.8 Å². The molecule has 2 rings (SSSR count). The number of hydrogen-bond acceptors (Lipinski definition) is 2. The summed E-state index contributed by atoms with van der Waals surface area (Å²) >= 11 is 6.16. The van der Waals surface area contributed by atoms with E-state index < -0.39 is 0 Å². The van der Waals surface area contributed by atoms with Crippen molar-refractivity contribution in [2.75, 3.05) is 5.32 Å². The zero-order valence-electron chi connectivity index (χ0n) is 9.94. The number of pyridine rings is 1. The van der Waals surface area contributed by atoms with E-state index in [0.717, 1.165) is 21.8 Å². The standard InChI is InChI=1S/C14H15ClN2/c1-10-7-12(9-16-8-10)17-11(2)13-5-3-4-6-14(13)15/h3-9,11,17H,1-2H3. The van der Waals surface area contributed by atoms with Crippen LogP contribution >= 0.6 is 11.6 Å². The molecule has 1 aromatic heterocycles. The molecule has 2 aromatic rings. The highest BCUT2D eigenvalue weighted by Crippen LogP contribution is 2.25. The maximum absolute atomic E-state index is 6.16. The van der Waals surface area contributed by atoms with Crippen molar-refractivity contribution in [3.63, 3.8) is 0 Å². The average molecular weight is 247 g/mol. The fraction of sp³-hybridized carbons (Fsp3) is 0.214. The molecule has 17 heavy (non-hydrogen) atoms. The molecule has 1 N–H and O–H groups in total. The highest BCUT2D eigenvalue weighted by molar-refractivity contribution is 6.31. The van der Waals surface area contributed by atoms with Gasteiger partial charge in [-0.3, -0.25) is 4.98 Å². The summed E-state index contributed by atoms with van der Waals surface area (Å²) in [5.74, 6) is 0. The van der Waals surface area contributed by atoms with E-state index in [2.05, 4.69) is 23.3 Å². The van der Waals surface area contributed by atoms with E-state index >= 15 is 0 Å². The van der Waals surface area contributed by atoms with Gasteiger partial charge in [-0.05, 0) is 37.1 Å². The second-order valence-corrected chi connectivity index (χ2v) is 4.55. The Morgan fingerprint density at radius 1 is 1.24 bits per heavy atom. The van der Waals surface area contributed by atoms with Crippen LogP contribution in [0.5, 0.6) is 0 Å². The van der Waals surface area contributed by atoms with E-state index in [0.29, 0.717) is 0 Å². The number of aromatic nitrogens is 1. The molecule has 1 atom stereocenters. The van der Waals surface area contributed by atoms with Crippen molar-refractivity contribution in [3.8, 4) is 0 Å². The minimum atomic E-state index is 0.160. The molecule has 1 aromatic carbocycles. The summed E-state index contributed by atoms with van der Waals surface area (Å²) in [6.07, 6.45) is 3.66. The molecule has 0 fully saturated rings. The van der Waals surface area contributed by atoms with Crippen LogP contribution in [0.15, 0.2) is 42.7 Å². The van der Waals surface area contributed by atoms with Crippen LogP contribution in [0, 0.1) is 6.92 Å². The maximum Gasteiger partial charge on any atom is 0.0534 e. The Labute approximate surface area is 107 Å². The zero-order chi connectivity index (χ0) is 12.3. The van der Waals surface area contributed by atoms with Gasteiger partial charge in [-0.15, -0.1) is 0 Å². The first-order valence-corrected chi connectivity index (χ1v) is 5.97. The second-order valence-electron chi connectivity index (χ2n) is 4.14. The summed E-state index contributed by atoms with van der Waals surface area (Å²) in [6.45, 7) is 4.11. The topological polar surface area (TPSA) is 24.9 Å². The lowest BCUT2D eigenvalue weighted by Gasteiger charge is -2.16. The first-order chi connectivity index (χ1) is 8.16. The molecule has 0 aliphatic heterocycles. The molecule has 0 aliphatic rings. The van der Waals surface area contributed by atoms with Crippen LogP contribution in [-0.4, -0.2) is 4.98 Å². The van der Waals surface area contributed by atoms with Gasteiger partial charge in [0.2, 0.25) is 0 Å². The SMILES string of the molecule is Cc1cncc(NC(C)c2ccccc2Cl)c1. The number of halogens is 1. The maximum atomic E-state index is 6.16. The van der Waals surface area contributed by atoms with Gasteiger partial charge in [0, 0.05) is 17.4 Å². The molecule has 0 aliphatic carbocycles. The molecule has 0 radical (unpaired) electrons. The van der Waals surface area contributed by atoms with E-state index in [1.165, 1.54) is 0 Å². The second kappa shape index (κ2) is 5.19. The normalized spacial score (nSPS) is 12.2. The molecule has 0 saturated carbocycles. The van der Waals surface area contributed by atoms with Crippen molar-refractivity contribution in [1.29, 1.82) is 0 Å². The van der Waals surface area contributed by atoms with Gasteiger partial charge < -0.3 is 5.32 Å². The molecule has 1 unspecified atom stereocenters. The number of benzene rings is 1. The third-order valence-corrected chi connectivity index (χ3v) is 2.97. The molecular weight excluding hydrogens is 232 g/mol. The van der Waals surface area contributed by atoms with Crippen molar-refractivity contribution in [2.45, 2.75) is 19.9 Å². The smallest absolute Gasteiger partial charge is 0.0534 e. The minimum Gasteiger partial charge on any atom is -0.377 e. The van der Waals surface area contributed by atoms with Crippen molar-refractivity contribution in [2.24, 2.45) is 0 Å². The van der Waals surface area contributed by atoms with Crippen molar-refractivity contribution < 1.29 is 0 Å². The lowest BCUT2D eigenvalue weighted by molar-refractivity contribution is 0.882. The van der Waals surface area contributed by atoms with Crippen LogP contribution in [0.3, 0.4) is 0 Å². The molecule has 3 heteroatoms. The Kier molecular flexibility index (Phi) is 3.64. The lowest BCUT2D eigenvalue weighted by atomic mass is 10.1. The fourth-order valence-electron chi connectivity index (χ4n) is 1.79. The van der Waals surface area contributed by atoms with E-state index in [1.807, 2.05) is 43.6 Å². The van der Waals surface area contributed by atoms with E-state index in [4.69, 9.17) is 11.6 Å². The van der Waals surface area contributed by atoms with Gasteiger partial charge >= 0.3 is 0 Å². The Balaban J connectivity index is 2.17. The fourth-order valence-corrected chi connectivity index (χ4v) is 2.09. The Morgan fingerprint density at radius 2 is 2.00 bits per heavy atom. The van der Waals surface area contributed by atoms with Crippen LogP contribution in [0.2, 0.25) is 5.02 Å². The molecule has 0 spiro atoms. The monoisotopic (exact) mass is 246 g/mol. The van der Waals surface area contributed by atoms with Crippen molar-refractivity contribution >= 4 is 17.3 Å². The largest absolute Gasteiger partial charge is 0.377 e. The number of aryl methyl sites for hydroxylation is 1. The summed E-state index contributed by atoms with van der Waals surface area (Å²) in [5.41, 5.74) is 3.24. The predicted molar refractivity (Wildman–Crippen MR) is 72.5 cm³/mol. The number of nitrogens with one attached hydrogen (secondary N) is 1. The first kappa shape index (κ1) is 11.9. The average Bonchev–Trinajstić information content (AvgIpc) is 2.29. The third-order valence-electron chi connectivity index (χ3n) is 2.63. The number of nitrogens with zero attached hydrogens (tertiary/aromatic N) is 1. The molecule has 0 bridgehead atoms. The van der Waals surface area contributed by atoms with Gasteiger partial charge in [-0.25, -0.2) is 0 Å². The van der Waals surface area contributed by atoms with Gasteiger partial charge in [0.1, 0.15) is 0 Å². The van der Waals surface area contributed by atoms with Crippen LogP contribution in [0.25, 0.3) is 0 Å². The minimum absolute atomic E-state index is 0.160. The first-order valence-electron chi connectivity index (χ1n) is 5.59. The lowest BCUT2D eigenvalue weighted by Crippen LogP contribution is -2.07. The number of anilines is 1. The third kappa shape index (κ3) is 2.98. The van der Waals surface area contributed by atoms with Gasteiger partial charge in [0.25, 0.3) is 0 Å².